The van der Waals surface area contributed by atoms with Crippen molar-refractivity contribution >= 4 is 12.2 Å². The molecule has 1 N–H and O–H groups in total. The number of rotatable bonds is 3. The van der Waals surface area contributed by atoms with Crippen LogP contribution >= 0.6 is 12.2 Å². The molecule has 1 rings (SSSR count). The average Bonchev–Trinajstić information content (AvgIpc) is 2.31. The molecule has 0 saturated carbocycles. The summed E-state index contributed by atoms with van der Waals surface area (Å²) in [4.78, 5) is 0. The second-order valence-corrected chi connectivity index (χ2v) is 3.90. The van der Waals surface area contributed by atoms with Gasteiger partial charge in [0.15, 0.2) is 0 Å². The van der Waals surface area contributed by atoms with Crippen molar-refractivity contribution < 1.29 is 0 Å². The summed E-state index contributed by atoms with van der Waals surface area (Å²) in [6, 6.07) is 2.04. The molecular formula is C9H16N2S. The predicted molar refractivity (Wildman–Crippen MR) is 53.8 cm³/mol. The predicted octanol–water partition coefficient (Wildman–Crippen LogP) is 2.76. The van der Waals surface area contributed by atoms with E-state index in [-0.39, 0.29) is 0 Å². The van der Waals surface area contributed by atoms with Crippen LogP contribution in [0.15, 0.2) is 6.07 Å². The van der Waals surface area contributed by atoms with E-state index in [1.54, 1.807) is 0 Å². The summed E-state index contributed by atoms with van der Waals surface area (Å²) < 4.78 is 2.96. The molecule has 0 aromatic carbocycles. The van der Waals surface area contributed by atoms with Crippen molar-refractivity contribution in [1.82, 2.24) is 9.78 Å². The number of aromatic nitrogens is 2. The SMILES string of the molecule is CCc1cc(=S)n(CC(C)C)[nH]1. The van der Waals surface area contributed by atoms with E-state index in [2.05, 4.69) is 25.9 Å². The van der Waals surface area contributed by atoms with Crippen LogP contribution in [-0.2, 0) is 13.0 Å². The molecule has 68 valence electrons. The molecule has 1 aromatic rings. The van der Waals surface area contributed by atoms with Gasteiger partial charge in [0.05, 0.1) is 0 Å². The zero-order chi connectivity index (χ0) is 9.14. The molecule has 0 saturated heterocycles. The van der Waals surface area contributed by atoms with Crippen molar-refractivity contribution in [2.45, 2.75) is 33.7 Å². The number of aryl methyl sites for hydroxylation is 1. The van der Waals surface area contributed by atoms with Crippen LogP contribution in [0.5, 0.6) is 0 Å². The molecule has 2 nitrogen and oxygen atoms in total. The zero-order valence-corrected chi connectivity index (χ0v) is 8.74. The van der Waals surface area contributed by atoms with Gasteiger partial charge in [0, 0.05) is 12.2 Å². The molecule has 0 spiro atoms. The third-order valence-electron chi connectivity index (χ3n) is 1.77. The lowest BCUT2D eigenvalue weighted by atomic mass is 10.2. The number of hydrogen-bond donors (Lipinski definition) is 1. The Bertz CT molecular complexity index is 296. The first-order valence-electron chi connectivity index (χ1n) is 4.42. The first-order chi connectivity index (χ1) is 5.63. The fraction of sp³-hybridized carbons (Fsp3) is 0.667. The van der Waals surface area contributed by atoms with Gasteiger partial charge in [0.1, 0.15) is 4.64 Å². The van der Waals surface area contributed by atoms with Gasteiger partial charge >= 0.3 is 0 Å². The third-order valence-corrected chi connectivity index (χ3v) is 2.11. The van der Waals surface area contributed by atoms with Crippen molar-refractivity contribution in [2.75, 3.05) is 0 Å². The van der Waals surface area contributed by atoms with Gasteiger partial charge in [0.2, 0.25) is 0 Å². The maximum atomic E-state index is 5.19. The zero-order valence-electron chi connectivity index (χ0n) is 7.92. The van der Waals surface area contributed by atoms with E-state index < -0.39 is 0 Å². The van der Waals surface area contributed by atoms with E-state index >= 15 is 0 Å². The van der Waals surface area contributed by atoms with E-state index in [1.165, 1.54) is 5.69 Å². The number of H-pyrrole nitrogens is 1. The summed E-state index contributed by atoms with van der Waals surface area (Å²) in [6.07, 6.45) is 1.02. The van der Waals surface area contributed by atoms with Crippen LogP contribution in [0.25, 0.3) is 0 Å². The smallest absolute Gasteiger partial charge is 0.122 e. The molecule has 0 fully saturated rings. The summed E-state index contributed by atoms with van der Waals surface area (Å²) in [5, 5.41) is 3.27. The van der Waals surface area contributed by atoms with Gasteiger partial charge in [-0.1, -0.05) is 33.0 Å². The fourth-order valence-corrected chi connectivity index (χ4v) is 1.43. The molecule has 0 unspecified atom stereocenters. The number of aromatic amines is 1. The molecule has 0 atom stereocenters. The summed E-state index contributed by atoms with van der Waals surface area (Å²) in [5.74, 6) is 0.639. The average molecular weight is 184 g/mol. The van der Waals surface area contributed by atoms with Crippen molar-refractivity contribution in [3.63, 3.8) is 0 Å². The molecule has 0 bridgehead atoms. The standard InChI is InChI=1S/C9H16N2S/c1-4-8-5-9(12)11(10-8)6-7(2)3/h5,7,10H,4,6H2,1-3H3. The second kappa shape index (κ2) is 3.90. The first kappa shape index (κ1) is 9.52. The van der Waals surface area contributed by atoms with E-state index in [9.17, 15) is 0 Å². The van der Waals surface area contributed by atoms with Gasteiger partial charge in [-0.2, -0.15) is 0 Å². The number of hydrogen-bond acceptors (Lipinski definition) is 1. The molecule has 0 aliphatic rings. The van der Waals surface area contributed by atoms with Gasteiger partial charge in [-0.3, -0.25) is 4.68 Å². The van der Waals surface area contributed by atoms with E-state index in [1.807, 2.05) is 10.7 Å². The lowest BCUT2D eigenvalue weighted by Crippen LogP contribution is -2.06. The Kier molecular flexibility index (Phi) is 3.09. The summed E-state index contributed by atoms with van der Waals surface area (Å²) in [7, 11) is 0. The van der Waals surface area contributed by atoms with Crippen molar-refractivity contribution in [3.8, 4) is 0 Å². The molecule has 1 aromatic heterocycles. The first-order valence-corrected chi connectivity index (χ1v) is 4.83. The molecule has 1 heterocycles. The Morgan fingerprint density at radius 1 is 1.58 bits per heavy atom. The monoisotopic (exact) mass is 184 g/mol. The maximum absolute atomic E-state index is 5.19. The lowest BCUT2D eigenvalue weighted by molar-refractivity contribution is 0.476. The van der Waals surface area contributed by atoms with Gasteiger partial charge in [0.25, 0.3) is 0 Å². The molecule has 0 aliphatic carbocycles. The minimum atomic E-state index is 0.639. The Labute approximate surface area is 78.6 Å². The van der Waals surface area contributed by atoms with Gasteiger partial charge < -0.3 is 5.10 Å². The highest BCUT2D eigenvalue weighted by molar-refractivity contribution is 7.71. The van der Waals surface area contributed by atoms with Crippen LogP contribution in [0.1, 0.15) is 26.5 Å². The maximum Gasteiger partial charge on any atom is 0.122 e. The normalized spacial score (nSPS) is 11.0. The van der Waals surface area contributed by atoms with Crippen LogP contribution in [0.4, 0.5) is 0 Å². The molecule has 3 heteroatoms. The largest absolute Gasteiger partial charge is 0.302 e. The molecule has 0 amide bonds. The quantitative estimate of drug-likeness (QED) is 0.716. The van der Waals surface area contributed by atoms with Crippen molar-refractivity contribution in [3.05, 3.63) is 16.4 Å². The van der Waals surface area contributed by atoms with Gasteiger partial charge in [-0.15, -0.1) is 0 Å². The van der Waals surface area contributed by atoms with Crippen molar-refractivity contribution in [2.24, 2.45) is 5.92 Å². The topological polar surface area (TPSA) is 20.7 Å². The van der Waals surface area contributed by atoms with E-state index in [0.29, 0.717) is 5.92 Å². The van der Waals surface area contributed by atoms with Crippen LogP contribution in [-0.4, -0.2) is 9.78 Å². The van der Waals surface area contributed by atoms with Gasteiger partial charge in [-0.05, 0) is 18.4 Å². The number of nitrogens with one attached hydrogen (secondary N) is 1. The minimum absolute atomic E-state index is 0.639. The Morgan fingerprint density at radius 3 is 2.67 bits per heavy atom. The minimum Gasteiger partial charge on any atom is -0.302 e. The lowest BCUT2D eigenvalue weighted by Gasteiger charge is -2.05. The third kappa shape index (κ3) is 2.21. The fourth-order valence-electron chi connectivity index (χ4n) is 1.17. The molecular weight excluding hydrogens is 168 g/mol. The van der Waals surface area contributed by atoms with Crippen LogP contribution in [0.3, 0.4) is 0 Å². The summed E-state index contributed by atoms with van der Waals surface area (Å²) >= 11 is 5.19. The van der Waals surface area contributed by atoms with Crippen LogP contribution in [0.2, 0.25) is 0 Å². The molecule has 0 radical (unpaired) electrons. The van der Waals surface area contributed by atoms with E-state index in [0.717, 1.165) is 17.6 Å². The summed E-state index contributed by atoms with van der Waals surface area (Å²) in [5.41, 5.74) is 1.22. The van der Waals surface area contributed by atoms with Crippen LogP contribution < -0.4 is 0 Å². The molecule has 12 heavy (non-hydrogen) atoms. The highest BCUT2D eigenvalue weighted by Gasteiger charge is 1.99. The van der Waals surface area contributed by atoms with Crippen molar-refractivity contribution in [1.29, 1.82) is 0 Å². The highest BCUT2D eigenvalue weighted by Crippen LogP contribution is 2.03. The second-order valence-electron chi connectivity index (χ2n) is 3.48. The Hall–Kier alpha value is -0.570. The van der Waals surface area contributed by atoms with E-state index in [4.69, 9.17) is 12.2 Å². The summed E-state index contributed by atoms with van der Waals surface area (Å²) in [6.45, 7) is 7.49. The number of nitrogens with zero attached hydrogens (tertiary/aromatic N) is 1. The molecule has 0 aliphatic heterocycles. The van der Waals surface area contributed by atoms with Gasteiger partial charge in [-0.25, -0.2) is 0 Å². The Balaban J connectivity index is 2.85. The van der Waals surface area contributed by atoms with Crippen LogP contribution in [0, 0.1) is 10.6 Å². The highest BCUT2D eigenvalue weighted by atomic mass is 32.1. The Morgan fingerprint density at radius 2 is 2.25 bits per heavy atom.